The molecule has 1 heterocycles. The molecule has 1 atom stereocenters. The zero-order valence-electron chi connectivity index (χ0n) is 10.2. The van der Waals surface area contributed by atoms with Gasteiger partial charge < -0.3 is 15.2 Å². The number of nitrogens with two attached hydrogens (primary N) is 1. The summed E-state index contributed by atoms with van der Waals surface area (Å²) in [6.07, 6.45) is 4.59. The molecule has 1 aliphatic heterocycles. The highest BCUT2D eigenvalue weighted by atomic mass is 16.5. The SMILES string of the molecule is NCCCCc1ccc(OC2CCOC2)cc1. The van der Waals surface area contributed by atoms with Crippen LogP contribution >= 0.6 is 0 Å². The summed E-state index contributed by atoms with van der Waals surface area (Å²) in [4.78, 5) is 0. The van der Waals surface area contributed by atoms with Crippen molar-refractivity contribution in [3.63, 3.8) is 0 Å². The first-order chi connectivity index (χ1) is 8.38. The number of ether oxygens (including phenoxy) is 2. The third kappa shape index (κ3) is 4.02. The van der Waals surface area contributed by atoms with Gasteiger partial charge in [-0.15, -0.1) is 0 Å². The molecule has 94 valence electrons. The fourth-order valence-electron chi connectivity index (χ4n) is 2.01. The van der Waals surface area contributed by atoms with Gasteiger partial charge in [-0.1, -0.05) is 12.1 Å². The predicted octanol–water partition coefficient (Wildman–Crippen LogP) is 2.14. The Morgan fingerprint density at radius 3 is 2.71 bits per heavy atom. The lowest BCUT2D eigenvalue weighted by atomic mass is 10.1. The van der Waals surface area contributed by atoms with E-state index in [0.717, 1.165) is 51.2 Å². The van der Waals surface area contributed by atoms with E-state index in [1.807, 2.05) is 0 Å². The molecule has 0 saturated carbocycles. The van der Waals surface area contributed by atoms with Gasteiger partial charge in [0.25, 0.3) is 0 Å². The maximum Gasteiger partial charge on any atom is 0.124 e. The minimum Gasteiger partial charge on any atom is -0.488 e. The van der Waals surface area contributed by atoms with Crippen LogP contribution in [0.5, 0.6) is 5.75 Å². The smallest absolute Gasteiger partial charge is 0.124 e. The Balaban J connectivity index is 1.80. The second kappa shape index (κ2) is 6.62. The average molecular weight is 235 g/mol. The van der Waals surface area contributed by atoms with Crippen LogP contribution in [0.15, 0.2) is 24.3 Å². The van der Waals surface area contributed by atoms with Gasteiger partial charge in [0.1, 0.15) is 11.9 Å². The third-order valence-corrected chi connectivity index (χ3v) is 3.03. The Bertz CT molecular complexity index is 317. The van der Waals surface area contributed by atoms with Crippen molar-refractivity contribution in [1.29, 1.82) is 0 Å². The number of benzene rings is 1. The number of hydrogen-bond donors (Lipinski definition) is 1. The van der Waals surface area contributed by atoms with Crippen molar-refractivity contribution in [3.05, 3.63) is 29.8 Å². The zero-order chi connectivity index (χ0) is 11.9. The predicted molar refractivity (Wildman–Crippen MR) is 68.3 cm³/mol. The van der Waals surface area contributed by atoms with Crippen molar-refractivity contribution >= 4 is 0 Å². The summed E-state index contributed by atoms with van der Waals surface area (Å²) in [6, 6.07) is 8.38. The van der Waals surface area contributed by atoms with E-state index >= 15 is 0 Å². The summed E-state index contributed by atoms with van der Waals surface area (Å²) in [6.45, 7) is 2.32. The normalized spacial score (nSPS) is 19.5. The second-order valence-electron chi connectivity index (χ2n) is 4.49. The van der Waals surface area contributed by atoms with Crippen LogP contribution in [0.1, 0.15) is 24.8 Å². The molecule has 0 radical (unpaired) electrons. The lowest BCUT2D eigenvalue weighted by molar-refractivity contribution is 0.141. The molecule has 1 aromatic carbocycles. The first-order valence-electron chi connectivity index (χ1n) is 6.42. The van der Waals surface area contributed by atoms with E-state index in [1.54, 1.807) is 0 Å². The molecule has 3 nitrogen and oxygen atoms in total. The van der Waals surface area contributed by atoms with E-state index in [0.29, 0.717) is 0 Å². The zero-order valence-corrected chi connectivity index (χ0v) is 10.2. The van der Waals surface area contributed by atoms with Crippen molar-refractivity contribution in [2.45, 2.75) is 31.8 Å². The van der Waals surface area contributed by atoms with Gasteiger partial charge in [0.2, 0.25) is 0 Å². The van der Waals surface area contributed by atoms with Crippen molar-refractivity contribution in [2.75, 3.05) is 19.8 Å². The highest BCUT2D eigenvalue weighted by molar-refractivity contribution is 5.27. The summed E-state index contributed by atoms with van der Waals surface area (Å²) >= 11 is 0. The maximum atomic E-state index is 5.81. The molecular formula is C14H21NO2. The van der Waals surface area contributed by atoms with Crippen LogP contribution in [0.3, 0.4) is 0 Å². The van der Waals surface area contributed by atoms with Gasteiger partial charge in [-0.05, 0) is 43.5 Å². The lowest BCUT2D eigenvalue weighted by Crippen LogP contribution is -2.15. The quantitative estimate of drug-likeness (QED) is 0.768. The molecule has 1 aromatic rings. The number of rotatable bonds is 6. The first-order valence-corrected chi connectivity index (χ1v) is 6.42. The molecule has 0 spiro atoms. The summed E-state index contributed by atoms with van der Waals surface area (Å²) < 4.78 is 11.1. The summed E-state index contributed by atoms with van der Waals surface area (Å²) in [5.74, 6) is 0.947. The molecule has 1 unspecified atom stereocenters. The molecule has 2 N–H and O–H groups in total. The number of aryl methyl sites for hydroxylation is 1. The van der Waals surface area contributed by atoms with E-state index in [2.05, 4.69) is 24.3 Å². The number of unbranched alkanes of at least 4 members (excludes halogenated alkanes) is 1. The molecule has 3 heteroatoms. The second-order valence-corrected chi connectivity index (χ2v) is 4.49. The molecule has 0 aromatic heterocycles. The van der Waals surface area contributed by atoms with Crippen molar-refractivity contribution in [3.8, 4) is 5.75 Å². The van der Waals surface area contributed by atoms with Gasteiger partial charge in [-0.2, -0.15) is 0 Å². The van der Waals surface area contributed by atoms with Crippen molar-refractivity contribution in [2.24, 2.45) is 5.73 Å². The van der Waals surface area contributed by atoms with Crippen LogP contribution in [0.2, 0.25) is 0 Å². The number of hydrogen-bond acceptors (Lipinski definition) is 3. The van der Waals surface area contributed by atoms with Gasteiger partial charge in [0, 0.05) is 6.42 Å². The average Bonchev–Trinajstić information content (AvgIpc) is 2.85. The van der Waals surface area contributed by atoms with E-state index < -0.39 is 0 Å². The van der Waals surface area contributed by atoms with Crippen LogP contribution in [0.4, 0.5) is 0 Å². The molecule has 17 heavy (non-hydrogen) atoms. The van der Waals surface area contributed by atoms with Gasteiger partial charge in [-0.25, -0.2) is 0 Å². The Kier molecular flexibility index (Phi) is 4.83. The van der Waals surface area contributed by atoms with E-state index in [9.17, 15) is 0 Å². The first kappa shape index (κ1) is 12.4. The molecule has 1 aliphatic rings. The summed E-state index contributed by atoms with van der Waals surface area (Å²) in [5, 5.41) is 0. The van der Waals surface area contributed by atoms with Gasteiger partial charge in [0.15, 0.2) is 0 Å². The summed E-state index contributed by atoms with van der Waals surface area (Å²) in [7, 11) is 0. The highest BCUT2D eigenvalue weighted by Crippen LogP contribution is 2.18. The van der Waals surface area contributed by atoms with Gasteiger partial charge in [0.05, 0.1) is 13.2 Å². The van der Waals surface area contributed by atoms with E-state index in [4.69, 9.17) is 15.2 Å². The summed E-state index contributed by atoms with van der Waals surface area (Å²) in [5.41, 5.74) is 6.83. The Morgan fingerprint density at radius 2 is 2.06 bits per heavy atom. The fourth-order valence-corrected chi connectivity index (χ4v) is 2.01. The molecule has 1 saturated heterocycles. The largest absolute Gasteiger partial charge is 0.488 e. The minimum atomic E-state index is 0.234. The Labute approximate surface area is 103 Å². The topological polar surface area (TPSA) is 44.5 Å². The van der Waals surface area contributed by atoms with Crippen LogP contribution in [-0.2, 0) is 11.2 Å². The van der Waals surface area contributed by atoms with Crippen LogP contribution in [0, 0.1) is 0 Å². The molecule has 2 rings (SSSR count). The molecule has 0 bridgehead atoms. The van der Waals surface area contributed by atoms with Gasteiger partial charge in [-0.3, -0.25) is 0 Å². The molecule has 0 amide bonds. The third-order valence-electron chi connectivity index (χ3n) is 3.03. The maximum absolute atomic E-state index is 5.81. The van der Waals surface area contributed by atoms with Crippen LogP contribution in [0.25, 0.3) is 0 Å². The highest BCUT2D eigenvalue weighted by Gasteiger charge is 2.16. The standard InChI is InChI=1S/C14H21NO2/c15-9-2-1-3-12-4-6-13(7-5-12)17-14-8-10-16-11-14/h4-7,14H,1-3,8-11,15H2. The molecule has 0 aliphatic carbocycles. The lowest BCUT2D eigenvalue weighted by Gasteiger charge is -2.12. The van der Waals surface area contributed by atoms with Crippen LogP contribution in [-0.4, -0.2) is 25.9 Å². The van der Waals surface area contributed by atoms with Crippen molar-refractivity contribution in [1.82, 2.24) is 0 Å². The van der Waals surface area contributed by atoms with E-state index in [1.165, 1.54) is 5.56 Å². The Morgan fingerprint density at radius 1 is 1.24 bits per heavy atom. The van der Waals surface area contributed by atoms with Gasteiger partial charge >= 0.3 is 0 Å². The Hall–Kier alpha value is -1.06. The monoisotopic (exact) mass is 235 g/mol. The fraction of sp³-hybridized carbons (Fsp3) is 0.571. The molecular weight excluding hydrogens is 214 g/mol. The van der Waals surface area contributed by atoms with Crippen LogP contribution < -0.4 is 10.5 Å². The molecule has 1 fully saturated rings. The van der Waals surface area contributed by atoms with E-state index in [-0.39, 0.29) is 6.10 Å². The van der Waals surface area contributed by atoms with Crippen molar-refractivity contribution < 1.29 is 9.47 Å². The minimum absolute atomic E-state index is 0.234.